The quantitative estimate of drug-likeness (QED) is 0.628. The standard InChI is InChI=1S/C17H22N2O5/c1-16(2)11(8-9-17(16,3)15(23)24)14(22)19-18-13(21)10-6-4-5-7-12(10)20/h4-7,11,20H,8-9H2,1-3H3,(H,18,21)(H,19,22)(H,23,24)/t11-,17+/m1/s1. The van der Waals surface area contributed by atoms with Crippen LogP contribution in [0.5, 0.6) is 5.75 Å². The number of rotatable bonds is 3. The van der Waals surface area contributed by atoms with E-state index in [0.29, 0.717) is 12.8 Å². The van der Waals surface area contributed by atoms with E-state index in [0.717, 1.165) is 0 Å². The zero-order chi connectivity index (χ0) is 18.1. The SMILES string of the molecule is CC1(C)[C@@H](C(=O)NNC(=O)c2ccccc2O)CC[C@@]1(C)C(=O)O. The summed E-state index contributed by atoms with van der Waals surface area (Å²) in [5, 5.41) is 19.1. The van der Waals surface area contributed by atoms with E-state index in [9.17, 15) is 24.6 Å². The Labute approximate surface area is 140 Å². The highest BCUT2D eigenvalue weighted by molar-refractivity contribution is 5.98. The molecule has 0 radical (unpaired) electrons. The molecule has 2 atom stereocenters. The monoisotopic (exact) mass is 334 g/mol. The molecule has 2 rings (SSSR count). The van der Waals surface area contributed by atoms with Gasteiger partial charge in [0.1, 0.15) is 5.75 Å². The number of amides is 2. The van der Waals surface area contributed by atoms with Gasteiger partial charge in [0.15, 0.2) is 0 Å². The van der Waals surface area contributed by atoms with Crippen LogP contribution in [-0.2, 0) is 9.59 Å². The average Bonchev–Trinajstić information content (AvgIpc) is 2.76. The highest BCUT2D eigenvalue weighted by atomic mass is 16.4. The van der Waals surface area contributed by atoms with Gasteiger partial charge in [0.2, 0.25) is 5.91 Å². The van der Waals surface area contributed by atoms with Gasteiger partial charge in [-0.2, -0.15) is 0 Å². The van der Waals surface area contributed by atoms with E-state index in [1.807, 2.05) is 0 Å². The summed E-state index contributed by atoms with van der Waals surface area (Å²) in [5.74, 6) is -2.74. The number of carbonyl (C=O) groups excluding carboxylic acids is 2. The Morgan fingerprint density at radius 1 is 1.12 bits per heavy atom. The van der Waals surface area contributed by atoms with Crippen LogP contribution in [0, 0.1) is 16.7 Å². The Balaban J connectivity index is 2.05. The van der Waals surface area contributed by atoms with Gasteiger partial charge in [-0.15, -0.1) is 0 Å². The van der Waals surface area contributed by atoms with Crippen LogP contribution < -0.4 is 10.9 Å². The summed E-state index contributed by atoms with van der Waals surface area (Å²) in [6, 6.07) is 5.97. The van der Waals surface area contributed by atoms with E-state index in [1.165, 1.54) is 12.1 Å². The van der Waals surface area contributed by atoms with E-state index in [-0.39, 0.29) is 11.3 Å². The fourth-order valence-electron chi connectivity index (χ4n) is 3.28. The molecule has 7 heteroatoms. The highest BCUT2D eigenvalue weighted by Gasteiger charge is 2.58. The lowest BCUT2D eigenvalue weighted by molar-refractivity contribution is -0.155. The number of phenols is 1. The molecule has 1 fully saturated rings. The minimum atomic E-state index is -1.00. The number of carboxylic acid groups (broad SMARTS) is 1. The molecule has 1 aliphatic rings. The molecule has 1 aromatic rings. The minimum absolute atomic E-state index is 0.0406. The minimum Gasteiger partial charge on any atom is -0.507 e. The van der Waals surface area contributed by atoms with Crippen molar-refractivity contribution in [1.82, 2.24) is 10.9 Å². The lowest BCUT2D eigenvalue weighted by atomic mass is 9.65. The first kappa shape index (κ1) is 17.8. The molecule has 4 N–H and O–H groups in total. The first-order valence-electron chi connectivity index (χ1n) is 7.73. The van der Waals surface area contributed by atoms with Crippen molar-refractivity contribution >= 4 is 17.8 Å². The second kappa shape index (κ2) is 6.14. The fraction of sp³-hybridized carbons (Fsp3) is 0.471. The first-order chi connectivity index (χ1) is 11.1. The number of carboxylic acids is 1. The van der Waals surface area contributed by atoms with Crippen molar-refractivity contribution in [2.24, 2.45) is 16.7 Å². The smallest absolute Gasteiger partial charge is 0.309 e. The second-order valence-electron chi connectivity index (χ2n) is 6.91. The summed E-state index contributed by atoms with van der Waals surface area (Å²) in [5.41, 5.74) is 2.88. The Morgan fingerprint density at radius 3 is 2.29 bits per heavy atom. The van der Waals surface area contributed by atoms with Gasteiger partial charge >= 0.3 is 5.97 Å². The number of carbonyl (C=O) groups is 3. The normalized spacial score (nSPS) is 25.0. The molecule has 0 unspecified atom stereocenters. The maximum Gasteiger partial charge on any atom is 0.309 e. The number of phenolic OH excluding ortho intramolecular Hbond substituents is 1. The van der Waals surface area contributed by atoms with Crippen molar-refractivity contribution in [3.8, 4) is 5.75 Å². The number of hydrogen-bond donors (Lipinski definition) is 4. The molecule has 1 saturated carbocycles. The molecule has 0 aromatic heterocycles. The topological polar surface area (TPSA) is 116 Å². The number of hydrogen-bond acceptors (Lipinski definition) is 4. The maximum absolute atomic E-state index is 12.4. The van der Waals surface area contributed by atoms with E-state index < -0.39 is 34.5 Å². The molecular weight excluding hydrogens is 312 g/mol. The van der Waals surface area contributed by atoms with Gasteiger partial charge < -0.3 is 10.2 Å². The van der Waals surface area contributed by atoms with Gasteiger partial charge in [-0.25, -0.2) is 0 Å². The highest BCUT2D eigenvalue weighted by Crippen LogP contribution is 2.56. The van der Waals surface area contributed by atoms with Gasteiger partial charge in [0.25, 0.3) is 5.91 Å². The molecular formula is C17H22N2O5. The van der Waals surface area contributed by atoms with Gasteiger partial charge in [-0.05, 0) is 37.3 Å². The molecule has 0 heterocycles. The van der Waals surface area contributed by atoms with Crippen LogP contribution in [0.1, 0.15) is 44.0 Å². The van der Waals surface area contributed by atoms with E-state index in [2.05, 4.69) is 10.9 Å². The number of aliphatic carboxylic acids is 1. The van der Waals surface area contributed by atoms with Crippen LogP contribution in [0.2, 0.25) is 0 Å². The number of aromatic hydroxyl groups is 1. The van der Waals surface area contributed by atoms with Crippen molar-refractivity contribution in [3.05, 3.63) is 29.8 Å². The predicted molar refractivity (Wildman–Crippen MR) is 86.0 cm³/mol. The van der Waals surface area contributed by atoms with Crippen LogP contribution in [0.3, 0.4) is 0 Å². The molecule has 0 spiro atoms. The van der Waals surface area contributed by atoms with Crippen LogP contribution >= 0.6 is 0 Å². The third-order valence-electron chi connectivity index (χ3n) is 5.46. The molecule has 24 heavy (non-hydrogen) atoms. The zero-order valence-electron chi connectivity index (χ0n) is 13.9. The van der Waals surface area contributed by atoms with Gasteiger partial charge in [-0.1, -0.05) is 26.0 Å². The molecule has 1 aromatic carbocycles. The first-order valence-corrected chi connectivity index (χ1v) is 7.73. The summed E-state index contributed by atoms with van der Waals surface area (Å²) < 4.78 is 0. The Bertz CT molecular complexity index is 685. The molecule has 0 aliphatic heterocycles. The summed E-state index contributed by atoms with van der Waals surface area (Å²) in [6.45, 7) is 5.15. The molecule has 0 saturated heterocycles. The zero-order valence-corrected chi connectivity index (χ0v) is 13.9. The van der Waals surface area contributed by atoms with E-state index in [1.54, 1.807) is 32.9 Å². The van der Waals surface area contributed by atoms with Crippen LogP contribution in [0.15, 0.2) is 24.3 Å². The summed E-state index contributed by atoms with van der Waals surface area (Å²) >= 11 is 0. The average molecular weight is 334 g/mol. The Morgan fingerprint density at radius 2 is 1.75 bits per heavy atom. The lowest BCUT2D eigenvalue weighted by Crippen LogP contribution is -2.49. The van der Waals surface area contributed by atoms with Crippen LogP contribution in [-0.4, -0.2) is 28.0 Å². The van der Waals surface area contributed by atoms with Crippen molar-refractivity contribution in [1.29, 1.82) is 0 Å². The third kappa shape index (κ3) is 2.81. The number of para-hydroxylation sites is 1. The summed E-state index contributed by atoms with van der Waals surface area (Å²) in [4.78, 5) is 36.0. The van der Waals surface area contributed by atoms with Gasteiger partial charge in [0.05, 0.1) is 11.0 Å². The predicted octanol–water partition coefficient (Wildman–Crippen LogP) is 1.68. The molecule has 2 amide bonds. The molecule has 0 bridgehead atoms. The Hall–Kier alpha value is -2.57. The van der Waals surface area contributed by atoms with E-state index >= 15 is 0 Å². The number of benzene rings is 1. The third-order valence-corrected chi connectivity index (χ3v) is 5.46. The van der Waals surface area contributed by atoms with E-state index in [4.69, 9.17) is 0 Å². The maximum atomic E-state index is 12.4. The van der Waals surface area contributed by atoms with Crippen molar-refractivity contribution in [3.63, 3.8) is 0 Å². The number of nitrogens with one attached hydrogen (secondary N) is 2. The molecule has 1 aliphatic carbocycles. The van der Waals surface area contributed by atoms with Crippen molar-refractivity contribution in [2.45, 2.75) is 33.6 Å². The van der Waals surface area contributed by atoms with Crippen molar-refractivity contribution < 1.29 is 24.6 Å². The summed E-state index contributed by atoms with van der Waals surface area (Å²) in [7, 11) is 0. The largest absolute Gasteiger partial charge is 0.507 e. The van der Waals surface area contributed by atoms with Crippen LogP contribution in [0.25, 0.3) is 0 Å². The van der Waals surface area contributed by atoms with Crippen LogP contribution in [0.4, 0.5) is 0 Å². The molecule has 130 valence electrons. The number of hydrazine groups is 1. The molecule has 7 nitrogen and oxygen atoms in total. The Kier molecular flexibility index (Phi) is 4.55. The van der Waals surface area contributed by atoms with Gasteiger partial charge in [-0.3, -0.25) is 25.2 Å². The van der Waals surface area contributed by atoms with Gasteiger partial charge in [0, 0.05) is 5.92 Å². The summed E-state index contributed by atoms with van der Waals surface area (Å²) in [6.07, 6.45) is 0.814. The lowest BCUT2D eigenvalue weighted by Gasteiger charge is -2.37. The van der Waals surface area contributed by atoms with Crippen molar-refractivity contribution in [2.75, 3.05) is 0 Å². The fourth-order valence-corrected chi connectivity index (χ4v) is 3.28. The second-order valence-corrected chi connectivity index (χ2v) is 6.91.